The molecule has 0 bridgehead atoms. The van der Waals surface area contributed by atoms with Crippen molar-refractivity contribution in [3.05, 3.63) is 0 Å². The van der Waals surface area contributed by atoms with Crippen LogP contribution in [0.25, 0.3) is 0 Å². The zero-order chi connectivity index (χ0) is 10.7. The molecule has 2 aliphatic rings. The van der Waals surface area contributed by atoms with Gasteiger partial charge in [0.05, 0.1) is 6.10 Å². The smallest absolute Gasteiger partial charge is 0.0757 e. The maximum Gasteiger partial charge on any atom is 0.0757 e. The van der Waals surface area contributed by atoms with Gasteiger partial charge in [0, 0.05) is 18.7 Å². The summed E-state index contributed by atoms with van der Waals surface area (Å²) in [5, 5.41) is 3.81. The number of hydrogen-bond acceptors (Lipinski definition) is 2. The Morgan fingerprint density at radius 3 is 2.67 bits per heavy atom. The number of nitrogens with one attached hydrogen (secondary N) is 1. The highest BCUT2D eigenvalue weighted by atomic mass is 16.5. The Morgan fingerprint density at radius 2 is 2.07 bits per heavy atom. The molecule has 0 aromatic rings. The van der Waals surface area contributed by atoms with Crippen LogP contribution >= 0.6 is 0 Å². The summed E-state index contributed by atoms with van der Waals surface area (Å²) in [6.45, 7) is 5.53. The van der Waals surface area contributed by atoms with E-state index >= 15 is 0 Å². The predicted octanol–water partition coefficient (Wildman–Crippen LogP) is 2.72. The average Bonchev–Trinajstić information content (AvgIpc) is 2.99. The van der Waals surface area contributed by atoms with Gasteiger partial charge in [0.2, 0.25) is 0 Å². The molecule has 0 amide bonds. The minimum absolute atomic E-state index is 0.538. The summed E-state index contributed by atoms with van der Waals surface area (Å²) in [4.78, 5) is 0. The molecule has 2 fully saturated rings. The average molecular weight is 211 g/mol. The molecule has 0 aromatic heterocycles. The largest absolute Gasteiger partial charge is 0.376 e. The second-order valence-corrected chi connectivity index (χ2v) is 5.13. The van der Waals surface area contributed by atoms with Crippen LogP contribution in [0.4, 0.5) is 0 Å². The van der Waals surface area contributed by atoms with Gasteiger partial charge >= 0.3 is 0 Å². The summed E-state index contributed by atoms with van der Waals surface area (Å²) >= 11 is 0. The highest BCUT2D eigenvalue weighted by molar-refractivity contribution is 4.94. The van der Waals surface area contributed by atoms with E-state index < -0.39 is 0 Å². The van der Waals surface area contributed by atoms with Gasteiger partial charge in [0.25, 0.3) is 0 Å². The lowest BCUT2D eigenvalue weighted by molar-refractivity contribution is 0.0784. The summed E-state index contributed by atoms with van der Waals surface area (Å²) < 4.78 is 5.85. The van der Waals surface area contributed by atoms with Crippen molar-refractivity contribution in [1.82, 2.24) is 5.32 Å². The van der Waals surface area contributed by atoms with Gasteiger partial charge in [-0.3, -0.25) is 0 Å². The van der Waals surface area contributed by atoms with Crippen LogP contribution in [0.15, 0.2) is 0 Å². The van der Waals surface area contributed by atoms with Crippen LogP contribution in [0.5, 0.6) is 0 Å². The second kappa shape index (κ2) is 5.31. The van der Waals surface area contributed by atoms with Gasteiger partial charge in [-0.2, -0.15) is 0 Å². The van der Waals surface area contributed by atoms with Crippen molar-refractivity contribution in [3.8, 4) is 0 Å². The number of rotatable bonds is 6. The van der Waals surface area contributed by atoms with E-state index in [0.717, 1.165) is 12.5 Å². The zero-order valence-corrected chi connectivity index (χ0v) is 10.2. The topological polar surface area (TPSA) is 21.3 Å². The van der Waals surface area contributed by atoms with Crippen LogP contribution in [0.1, 0.15) is 52.4 Å². The first-order valence-corrected chi connectivity index (χ1v) is 6.72. The summed E-state index contributed by atoms with van der Waals surface area (Å²) in [5.41, 5.74) is 0. The quantitative estimate of drug-likeness (QED) is 0.729. The van der Waals surface area contributed by atoms with Gasteiger partial charge in [0.15, 0.2) is 0 Å². The normalized spacial score (nSPS) is 33.2. The van der Waals surface area contributed by atoms with Crippen molar-refractivity contribution in [3.63, 3.8) is 0 Å². The first-order valence-electron chi connectivity index (χ1n) is 6.72. The molecule has 1 N–H and O–H groups in total. The van der Waals surface area contributed by atoms with Gasteiger partial charge in [-0.1, -0.05) is 20.3 Å². The van der Waals surface area contributed by atoms with Crippen LogP contribution in [0, 0.1) is 5.92 Å². The third-order valence-electron chi connectivity index (χ3n) is 3.80. The van der Waals surface area contributed by atoms with Crippen molar-refractivity contribution in [2.75, 3.05) is 6.61 Å². The number of ether oxygens (including phenoxy) is 1. The molecular formula is C13H25NO. The molecule has 0 aromatic carbocycles. The highest BCUT2D eigenvalue weighted by Crippen LogP contribution is 2.38. The van der Waals surface area contributed by atoms with Crippen molar-refractivity contribution >= 4 is 0 Å². The minimum atomic E-state index is 0.538. The first-order chi connectivity index (χ1) is 7.35. The fraction of sp³-hybridized carbons (Fsp3) is 1.00. The molecule has 1 aliphatic heterocycles. The standard InChI is InChI=1S/C13H25NO/c1-3-5-11(4-2)14-12-8-9-15-13(12)10-6-7-10/h10-14H,3-9H2,1-2H3. The molecule has 2 rings (SSSR count). The van der Waals surface area contributed by atoms with E-state index in [1.807, 2.05) is 0 Å². The SMILES string of the molecule is CCCC(CC)NC1CCOC1C1CC1. The molecule has 15 heavy (non-hydrogen) atoms. The summed E-state index contributed by atoms with van der Waals surface area (Å²) in [6.07, 6.45) is 8.40. The van der Waals surface area contributed by atoms with E-state index in [4.69, 9.17) is 4.74 Å². The molecule has 1 saturated carbocycles. The molecule has 88 valence electrons. The van der Waals surface area contributed by atoms with E-state index in [1.54, 1.807) is 0 Å². The Labute approximate surface area is 93.8 Å². The summed E-state index contributed by atoms with van der Waals surface area (Å²) in [6, 6.07) is 1.36. The third kappa shape index (κ3) is 2.94. The van der Waals surface area contributed by atoms with E-state index in [-0.39, 0.29) is 0 Å². The van der Waals surface area contributed by atoms with Crippen molar-refractivity contribution in [1.29, 1.82) is 0 Å². The summed E-state index contributed by atoms with van der Waals surface area (Å²) in [7, 11) is 0. The summed E-state index contributed by atoms with van der Waals surface area (Å²) in [5.74, 6) is 0.879. The van der Waals surface area contributed by atoms with Crippen LogP contribution < -0.4 is 5.32 Å². The molecule has 2 nitrogen and oxygen atoms in total. The Kier molecular flexibility index (Phi) is 4.04. The highest BCUT2D eigenvalue weighted by Gasteiger charge is 2.40. The Hall–Kier alpha value is -0.0800. The maximum atomic E-state index is 5.85. The lowest BCUT2D eigenvalue weighted by Crippen LogP contribution is -2.43. The van der Waals surface area contributed by atoms with Crippen molar-refractivity contribution in [2.24, 2.45) is 5.92 Å². The van der Waals surface area contributed by atoms with Crippen LogP contribution in [0.3, 0.4) is 0 Å². The van der Waals surface area contributed by atoms with Gasteiger partial charge in [-0.15, -0.1) is 0 Å². The number of hydrogen-bond donors (Lipinski definition) is 1. The molecule has 0 radical (unpaired) electrons. The lowest BCUT2D eigenvalue weighted by Gasteiger charge is -2.25. The van der Waals surface area contributed by atoms with E-state index in [0.29, 0.717) is 18.2 Å². The van der Waals surface area contributed by atoms with E-state index in [2.05, 4.69) is 19.2 Å². The molecule has 3 unspecified atom stereocenters. The molecule has 0 spiro atoms. The Balaban J connectivity index is 1.80. The predicted molar refractivity (Wildman–Crippen MR) is 63.0 cm³/mol. The first kappa shape index (κ1) is 11.4. The monoisotopic (exact) mass is 211 g/mol. The molecule has 1 aliphatic carbocycles. The minimum Gasteiger partial charge on any atom is -0.376 e. The van der Waals surface area contributed by atoms with Crippen LogP contribution in [-0.4, -0.2) is 24.8 Å². The molecule has 2 heteroatoms. The second-order valence-electron chi connectivity index (χ2n) is 5.13. The van der Waals surface area contributed by atoms with Gasteiger partial charge in [0.1, 0.15) is 0 Å². The van der Waals surface area contributed by atoms with E-state index in [9.17, 15) is 0 Å². The zero-order valence-electron chi connectivity index (χ0n) is 10.2. The van der Waals surface area contributed by atoms with Crippen molar-refractivity contribution in [2.45, 2.75) is 70.6 Å². The third-order valence-corrected chi connectivity index (χ3v) is 3.80. The van der Waals surface area contributed by atoms with Gasteiger partial charge in [-0.25, -0.2) is 0 Å². The van der Waals surface area contributed by atoms with Crippen molar-refractivity contribution < 1.29 is 4.74 Å². The molecule has 1 saturated heterocycles. The Morgan fingerprint density at radius 1 is 1.27 bits per heavy atom. The van der Waals surface area contributed by atoms with Crippen LogP contribution in [-0.2, 0) is 4.74 Å². The lowest BCUT2D eigenvalue weighted by atomic mass is 10.0. The molecular weight excluding hydrogens is 186 g/mol. The fourth-order valence-electron chi connectivity index (χ4n) is 2.74. The van der Waals surface area contributed by atoms with Crippen LogP contribution in [0.2, 0.25) is 0 Å². The van der Waals surface area contributed by atoms with E-state index in [1.165, 1.54) is 38.5 Å². The molecule has 3 atom stereocenters. The molecule has 1 heterocycles. The van der Waals surface area contributed by atoms with Gasteiger partial charge < -0.3 is 10.1 Å². The maximum absolute atomic E-state index is 5.85. The van der Waals surface area contributed by atoms with Gasteiger partial charge in [-0.05, 0) is 38.0 Å². The Bertz CT molecular complexity index is 191. The fourth-order valence-corrected chi connectivity index (χ4v) is 2.74.